The topological polar surface area (TPSA) is 9.23 Å². The summed E-state index contributed by atoms with van der Waals surface area (Å²) >= 11 is 0. The third kappa shape index (κ3) is 9.44. The van der Waals surface area contributed by atoms with Gasteiger partial charge in [-0.25, -0.2) is 0 Å². The van der Waals surface area contributed by atoms with Gasteiger partial charge in [0.2, 0.25) is 0 Å². The molecule has 0 spiro atoms. The summed E-state index contributed by atoms with van der Waals surface area (Å²) in [5, 5.41) is 0. The number of aryl methyl sites for hydroxylation is 6. The Hall–Kier alpha value is -3.16. The lowest BCUT2D eigenvalue weighted by Gasteiger charge is -2.30. The predicted molar refractivity (Wildman–Crippen MR) is 175 cm³/mol. The normalized spacial score (nSPS) is 14.4. The molecule has 0 saturated carbocycles. The third-order valence-electron chi connectivity index (χ3n) is 8.90. The zero-order valence-corrected chi connectivity index (χ0v) is 26.2. The van der Waals surface area contributed by atoms with Crippen LogP contribution in [0.15, 0.2) is 97.1 Å². The van der Waals surface area contributed by atoms with Crippen molar-refractivity contribution in [2.75, 3.05) is 0 Å². The van der Waals surface area contributed by atoms with Gasteiger partial charge in [-0.15, -0.1) is 0 Å². The molecule has 4 atom stereocenters. The maximum absolute atomic E-state index is 7.26. The van der Waals surface area contributed by atoms with Crippen molar-refractivity contribution in [3.05, 3.63) is 142 Å². The molecule has 4 aromatic carbocycles. The molecule has 0 aliphatic heterocycles. The summed E-state index contributed by atoms with van der Waals surface area (Å²) < 4.78 is 7.26. The molecule has 41 heavy (non-hydrogen) atoms. The lowest BCUT2D eigenvalue weighted by Crippen LogP contribution is -2.17. The van der Waals surface area contributed by atoms with E-state index in [1.54, 1.807) is 0 Å². The van der Waals surface area contributed by atoms with E-state index < -0.39 is 0 Å². The Morgan fingerprint density at radius 1 is 0.488 bits per heavy atom. The van der Waals surface area contributed by atoms with E-state index in [9.17, 15) is 0 Å². The van der Waals surface area contributed by atoms with E-state index >= 15 is 0 Å². The van der Waals surface area contributed by atoms with Gasteiger partial charge in [0.15, 0.2) is 0 Å². The highest BCUT2D eigenvalue weighted by atomic mass is 16.5. The standard InChI is InChI=1S/C40H50O/c1-29(17-21-35-13-9-7-10-14-35)25-39(37-23-19-31(3)33(5)27-37)41-40(38-24-20-32(4)34(6)28-38)26-30(2)18-22-36-15-11-8-12-16-36/h7-16,19-20,23-24,27-30,39-40H,17-18,21-22,25-26H2,1-6H3. The summed E-state index contributed by atoms with van der Waals surface area (Å²) in [4.78, 5) is 0. The number of hydrogen-bond acceptors (Lipinski definition) is 1. The zero-order valence-electron chi connectivity index (χ0n) is 26.2. The minimum atomic E-state index is 0.0630. The van der Waals surface area contributed by atoms with Gasteiger partial charge in [0.1, 0.15) is 0 Å². The van der Waals surface area contributed by atoms with E-state index in [-0.39, 0.29) is 12.2 Å². The lowest BCUT2D eigenvalue weighted by molar-refractivity contribution is -0.0379. The molecule has 1 heteroatoms. The Kier molecular flexibility index (Phi) is 11.4. The van der Waals surface area contributed by atoms with Crippen molar-refractivity contribution in [2.45, 2.75) is 92.3 Å². The molecule has 0 aliphatic rings. The number of benzene rings is 4. The lowest BCUT2D eigenvalue weighted by atomic mass is 9.89. The maximum Gasteiger partial charge on any atom is 0.0836 e. The Morgan fingerprint density at radius 3 is 1.24 bits per heavy atom. The average molecular weight is 547 g/mol. The van der Waals surface area contributed by atoms with Crippen LogP contribution in [-0.2, 0) is 17.6 Å². The van der Waals surface area contributed by atoms with Crippen molar-refractivity contribution in [3.8, 4) is 0 Å². The van der Waals surface area contributed by atoms with Gasteiger partial charge < -0.3 is 4.74 Å². The highest BCUT2D eigenvalue weighted by Gasteiger charge is 2.24. The Bertz CT molecular complexity index is 1240. The second-order valence-electron chi connectivity index (χ2n) is 12.5. The average Bonchev–Trinajstić information content (AvgIpc) is 2.98. The first-order valence-corrected chi connectivity index (χ1v) is 15.7. The molecule has 0 N–H and O–H groups in total. The fraction of sp³-hybridized carbons (Fsp3) is 0.400. The minimum Gasteiger partial charge on any atom is -0.366 e. The van der Waals surface area contributed by atoms with Gasteiger partial charge in [0.05, 0.1) is 12.2 Å². The SMILES string of the molecule is Cc1ccc(C(CC(C)CCc2ccccc2)OC(CC(C)CCc2ccccc2)c2ccc(C)c(C)c2)cc1C. The van der Waals surface area contributed by atoms with Crippen LogP contribution in [-0.4, -0.2) is 0 Å². The van der Waals surface area contributed by atoms with Crippen LogP contribution >= 0.6 is 0 Å². The van der Waals surface area contributed by atoms with E-state index in [1.165, 1.54) is 44.5 Å². The molecule has 4 rings (SSSR count). The monoisotopic (exact) mass is 546 g/mol. The fourth-order valence-electron chi connectivity index (χ4n) is 5.75. The van der Waals surface area contributed by atoms with Crippen LogP contribution < -0.4 is 0 Å². The first kappa shape index (κ1) is 30.8. The number of rotatable bonds is 14. The molecule has 4 aromatic rings. The summed E-state index contributed by atoms with van der Waals surface area (Å²) in [5.74, 6) is 1.11. The summed E-state index contributed by atoms with van der Waals surface area (Å²) in [5.41, 5.74) is 10.8. The molecule has 0 amide bonds. The molecule has 0 saturated heterocycles. The quantitative estimate of drug-likeness (QED) is 0.153. The highest BCUT2D eigenvalue weighted by molar-refractivity contribution is 5.33. The van der Waals surface area contributed by atoms with Crippen molar-refractivity contribution in [2.24, 2.45) is 11.8 Å². The molecule has 0 aromatic heterocycles. The van der Waals surface area contributed by atoms with Crippen molar-refractivity contribution in [3.63, 3.8) is 0 Å². The van der Waals surface area contributed by atoms with Crippen LogP contribution in [0.3, 0.4) is 0 Å². The summed E-state index contributed by atoms with van der Waals surface area (Å²) in [6.07, 6.45) is 6.72. The van der Waals surface area contributed by atoms with Gasteiger partial charge in [-0.05, 0) is 123 Å². The third-order valence-corrected chi connectivity index (χ3v) is 8.90. The molecule has 216 valence electrons. The Balaban J connectivity index is 1.55. The molecular formula is C40H50O. The molecule has 0 radical (unpaired) electrons. The number of hydrogen-bond donors (Lipinski definition) is 0. The van der Waals surface area contributed by atoms with Crippen LogP contribution in [0.5, 0.6) is 0 Å². The van der Waals surface area contributed by atoms with E-state index in [0.29, 0.717) is 11.8 Å². The van der Waals surface area contributed by atoms with Gasteiger partial charge in [-0.2, -0.15) is 0 Å². The van der Waals surface area contributed by atoms with E-state index in [2.05, 4.69) is 139 Å². The van der Waals surface area contributed by atoms with Gasteiger partial charge in [0.25, 0.3) is 0 Å². The second kappa shape index (κ2) is 15.2. The van der Waals surface area contributed by atoms with Crippen LogP contribution in [0.2, 0.25) is 0 Å². The van der Waals surface area contributed by atoms with Gasteiger partial charge in [0, 0.05) is 0 Å². The fourth-order valence-corrected chi connectivity index (χ4v) is 5.75. The first-order chi connectivity index (χ1) is 19.8. The first-order valence-electron chi connectivity index (χ1n) is 15.7. The van der Waals surface area contributed by atoms with Crippen molar-refractivity contribution in [1.82, 2.24) is 0 Å². The molecule has 0 fully saturated rings. The van der Waals surface area contributed by atoms with E-state index in [1.807, 2.05) is 0 Å². The zero-order chi connectivity index (χ0) is 29.2. The molecule has 0 bridgehead atoms. The molecule has 0 aliphatic carbocycles. The highest BCUT2D eigenvalue weighted by Crippen LogP contribution is 2.37. The van der Waals surface area contributed by atoms with E-state index in [0.717, 1.165) is 38.5 Å². The summed E-state index contributed by atoms with van der Waals surface area (Å²) in [7, 11) is 0. The van der Waals surface area contributed by atoms with Crippen LogP contribution in [0.4, 0.5) is 0 Å². The van der Waals surface area contributed by atoms with Gasteiger partial charge in [-0.3, -0.25) is 0 Å². The molecule has 4 unspecified atom stereocenters. The minimum absolute atomic E-state index is 0.0630. The second-order valence-corrected chi connectivity index (χ2v) is 12.5. The molecular weight excluding hydrogens is 496 g/mol. The van der Waals surface area contributed by atoms with Crippen molar-refractivity contribution >= 4 is 0 Å². The van der Waals surface area contributed by atoms with E-state index in [4.69, 9.17) is 4.74 Å². The van der Waals surface area contributed by atoms with Gasteiger partial charge in [-0.1, -0.05) is 111 Å². The van der Waals surface area contributed by atoms with Gasteiger partial charge >= 0.3 is 0 Å². The summed E-state index contributed by atoms with van der Waals surface area (Å²) in [6.45, 7) is 13.6. The van der Waals surface area contributed by atoms with Crippen molar-refractivity contribution in [1.29, 1.82) is 0 Å². The number of ether oxygens (including phenoxy) is 1. The van der Waals surface area contributed by atoms with Crippen LogP contribution in [0.1, 0.15) is 96.2 Å². The van der Waals surface area contributed by atoms with Crippen molar-refractivity contribution < 1.29 is 4.74 Å². The predicted octanol–water partition coefficient (Wildman–Crippen LogP) is 11.0. The smallest absolute Gasteiger partial charge is 0.0836 e. The maximum atomic E-state index is 7.26. The van der Waals surface area contributed by atoms with Crippen LogP contribution in [0.25, 0.3) is 0 Å². The molecule has 0 heterocycles. The Labute approximate surface area is 250 Å². The van der Waals surface area contributed by atoms with Crippen LogP contribution in [0, 0.1) is 39.5 Å². The molecule has 1 nitrogen and oxygen atoms in total. The Morgan fingerprint density at radius 2 is 0.878 bits per heavy atom. The summed E-state index contributed by atoms with van der Waals surface area (Å²) in [6, 6.07) is 35.6. The largest absolute Gasteiger partial charge is 0.366 e.